The molecule has 0 aromatic heterocycles. The number of carboxylic acid groups (broad SMARTS) is 1. The molecule has 0 aliphatic carbocycles. The zero-order valence-corrected chi connectivity index (χ0v) is 10.0. The molecule has 1 saturated heterocycles. The van der Waals surface area contributed by atoms with Crippen molar-refractivity contribution in [3.05, 3.63) is 23.8 Å². The van der Waals surface area contributed by atoms with Crippen molar-refractivity contribution in [2.75, 3.05) is 23.7 Å². The van der Waals surface area contributed by atoms with Crippen molar-refractivity contribution in [2.24, 2.45) is 0 Å². The predicted molar refractivity (Wildman–Crippen MR) is 67.6 cm³/mol. The summed E-state index contributed by atoms with van der Waals surface area (Å²) in [6.07, 6.45) is 0. The molecule has 0 spiro atoms. The van der Waals surface area contributed by atoms with Crippen molar-refractivity contribution in [3.63, 3.8) is 0 Å². The van der Waals surface area contributed by atoms with Crippen LogP contribution in [0.5, 0.6) is 0 Å². The number of carbonyl (C=O) groups is 2. The van der Waals surface area contributed by atoms with Crippen LogP contribution in [-0.2, 0) is 4.79 Å². The first-order valence-electron chi connectivity index (χ1n) is 5.68. The standard InChI is InChI=1S/C12H15N3O3/c1-7-11(16)14-4-5-15(7)10-3-2-8(13)6-9(10)12(17)18/h2-3,6-7H,4-5,13H2,1H3,(H,14,16)(H,17,18). The molecule has 6 heteroatoms. The van der Waals surface area contributed by atoms with Crippen molar-refractivity contribution >= 4 is 23.3 Å². The molecule has 4 N–H and O–H groups in total. The van der Waals surface area contributed by atoms with Gasteiger partial charge in [0.2, 0.25) is 5.91 Å². The van der Waals surface area contributed by atoms with E-state index in [0.717, 1.165) is 0 Å². The highest BCUT2D eigenvalue weighted by Crippen LogP contribution is 2.25. The fourth-order valence-corrected chi connectivity index (χ4v) is 2.09. The summed E-state index contributed by atoms with van der Waals surface area (Å²) in [5, 5.41) is 11.9. The number of anilines is 2. The minimum atomic E-state index is -1.05. The Bertz CT molecular complexity index is 501. The lowest BCUT2D eigenvalue weighted by molar-refractivity contribution is -0.122. The number of nitrogens with one attached hydrogen (secondary N) is 1. The van der Waals surface area contributed by atoms with E-state index in [1.807, 2.05) is 0 Å². The Hall–Kier alpha value is -2.24. The minimum absolute atomic E-state index is 0.102. The topological polar surface area (TPSA) is 95.7 Å². The van der Waals surface area contributed by atoms with Crippen LogP contribution in [0.3, 0.4) is 0 Å². The van der Waals surface area contributed by atoms with Gasteiger partial charge in [-0.3, -0.25) is 4.79 Å². The second-order valence-corrected chi connectivity index (χ2v) is 4.24. The first kappa shape index (κ1) is 12.2. The molecule has 1 unspecified atom stereocenters. The average Bonchev–Trinajstić information content (AvgIpc) is 2.33. The summed E-state index contributed by atoms with van der Waals surface area (Å²) in [7, 11) is 0. The summed E-state index contributed by atoms with van der Waals surface area (Å²) >= 11 is 0. The van der Waals surface area contributed by atoms with Gasteiger partial charge in [0.25, 0.3) is 0 Å². The number of nitrogens with zero attached hydrogens (tertiary/aromatic N) is 1. The number of piperazine rings is 1. The molecule has 1 fully saturated rings. The normalized spacial score (nSPS) is 19.5. The molecule has 96 valence electrons. The van der Waals surface area contributed by atoms with Crippen LogP contribution in [0.15, 0.2) is 18.2 Å². The number of rotatable bonds is 2. The van der Waals surface area contributed by atoms with E-state index in [1.165, 1.54) is 6.07 Å². The fourth-order valence-electron chi connectivity index (χ4n) is 2.09. The zero-order valence-electron chi connectivity index (χ0n) is 10.0. The first-order valence-corrected chi connectivity index (χ1v) is 5.68. The van der Waals surface area contributed by atoms with Crippen LogP contribution < -0.4 is 16.0 Å². The van der Waals surface area contributed by atoms with Gasteiger partial charge in [-0.1, -0.05) is 0 Å². The first-order chi connectivity index (χ1) is 8.50. The average molecular weight is 249 g/mol. The number of hydrogen-bond donors (Lipinski definition) is 3. The van der Waals surface area contributed by atoms with Crippen molar-refractivity contribution in [1.82, 2.24) is 5.32 Å². The number of carbonyl (C=O) groups excluding carboxylic acids is 1. The van der Waals surface area contributed by atoms with E-state index < -0.39 is 5.97 Å². The third kappa shape index (κ3) is 2.09. The summed E-state index contributed by atoms with van der Waals surface area (Å²) in [5.41, 5.74) is 6.64. The maximum atomic E-state index is 11.6. The predicted octanol–water partition coefficient (Wildman–Crippen LogP) is 0.292. The Morgan fingerprint density at radius 3 is 2.94 bits per heavy atom. The lowest BCUT2D eigenvalue weighted by Gasteiger charge is -2.35. The fraction of sp³-hybridized carbons (Fsp3) is 0.333. The summed E-state index contributed by atoms with van der Waals surface area (Å²) in [4.78, 5) is 24.6. The maximum Gasteiger partial charge on any atom is 0.337 e. The van der Waals surface area contributed by atoms with Gasteiger partial charge in [-0.15, -0.1) is 0 Å². The number of nitrogens with two attached hydrogens (primary N) is 1. The molecule has 18 heavy (non-hydrogen) atoms. The largest absolute Gasteiger partial charge is 0.478 e. The van der Waals surface area contributed by atoms with Crippen molar-refractivity contribution in [1.29, 1.82) is 0 Å². The molecule has 1 aliphatic rings. The van der Waals surface area contributed by atoms with Crippen LogP contribution in [0.4, 0.5) is 11.4 Å². The molecule has 1 heterocycles. The van der Waals surface area contributed by atoms with Crippen molar-refractivity contribution in [3.8, 4) is 0 Å². The second kappa shape index (κ2) is 4.56. The highest BCUT2D eigenvalue weighted by Gasteiger charge is 2.28. The molecule has 1 amide bonds. The smallest absolute Gasteiger partial charge is 0.337 e. The Morgan fingerprint density at radius 2 is 2.28 bits per heavy atom. The molecule has 2 rings (SSSR count). The Labute approximate surface area is 104 Å². The van der Waals surface area contributed by atoms with Crippen LogP contribution in [0.25, 0.3) is 0 Å². The van der Waals surface area contributed by atoms with Gasteiger partial charge in [-0.05, 0) is 25.1 Å². The van der Waals surface area contributed by atoms with E-state index in [0.29, 0.717) is 24.5 Å². The number of amides is 1. The number of nitrogen functional groups attached to an aromatic ring is 1. The lowest BCUT2D eigenvalue weighted by atomic mass is 10.1. The van der Waals surface area contributed by atoms with Crippen LogP contribution in [0, 0.1) is 0 Å². The van der Waals surface area contributed by atoms with E-state index in [-0.39, 0.29) is 17.5 Å². The maximum absolute atomic E-state index is 11.6. The van der Waals surface area contributed by atoms with Gasteiger partial charge in [0.15, 0.2) is 0 Å². The second-order valence-electron chi connectivity index (χ2n) is 4.24. The summed E-state index contributed by atoms with van der Waals surface area (Å²) in [6.45, 7) is 2.83. The van der Waals surface area contributed by atoms with Gasteiger partial charge < -0.3 is 21.1 Å². The van der Waals surface area contributed by atoms with E-state index >= 15 is 0 Å². The molecule has 1 aromatic rings. The van der Waals surface area contributed by atoms with E-state index in [4.69, 9.17) is 5.73 Å². The molecule has 6 nitrogen and oxygen atoms in total. The van der Waals surface area contributed by atoms with Gasteiger partial charge in [0.1, 0.15) is 6.04 Å². The Morgan fingerprint density at radius 1 is 1.56 bits per heavy atom. The quantitative estimate of drug-likeness (QED) is 0.655. The van der Waals surface area contributed by atoms with Crippen molar-refractivity contribution < 1.29 is 14.7 Å². The molecule has 0 radical (unpaired) electrons. The molecule has 1 aromatic carbocycles. The number of aromatic carboxylic acids is 1. The molecule has 1 aliphatic heterocycles. The molecule has 1 atom stereocenters. The number of carboxylic acids is 1. The van der Waals surface area contributed by atoms with Crippen molar-refractivity contribution in [2.45, 2.75) is 13.0 Å². The summed E-state index contributed by atoms with van der Waals surface area (Å²) in [5.74, 6) is -1.15. The molecular weight excluding hydrogens is 234 g/mol. The SMILES string of the molecule is CC1C(=O)NCCN1c1ccc(N)cc1C(=O)O. The number of benzene rings is 1. The molecular formula is C12H15N3O3. The molecule has 0 saturated carbocycles. The van der Waals surface area contributed by atoms with Crippen LogP contribution in [0.1, 0.15) is 17.3 Å². The lowest BCUT2D eigenvalue weighted by Crippen LogP contribution is -2.54. The van der Waals surface area contributed by atoms with Gasteiger partial charge in [-0.25, -0.2) is 4.79 Å². The highest BCUT2D eigenvalue weighted by molar-refractivity contribution is 5.97. The van der Waals surface area contributed by atoms with Gasteiger partial charge >= 0.3 is 5.97 Å². The van der Waals surface area contributed by atoms with Gasteiger partial charge in [0, 0.05) is 18.8 Å². The van der Waals surface area contributed by atoms with E-state index in [2.05, 4.69) is 5.32 Å². The minimum Gasteiger partial charge on any atom is -0.478 e. The van der Waals surface area contributed by atoms with Gasteiger partial charge in [-0.2, -0.15) is 0 Å². The van der Waals surface area contributed by atoms with Crippen LogP contribution in [-0.4, -0.2) is 36.1 Å². The van der Waals surface area contributed by atoms with E-state index in [1.54, 1.807) is 24.0 Å². The third-order valence-corrected chi connectivity index (χ3v) is 3.06. The molecule has 0 bridgehead atoms. The Balaban J connectivity index is 2.43. The monoisotopic (exact) mass is 249 g/mol. The summed E-state index contributed by atoms with van der Waals surface area (Å²) in [6, 6.07) is 4.31. The third-order valence-electron chi connectivity index (χ3n) is 3.06. The van der Waals surface area contributed by atoms with Gasteiger partial charge in [0.05, 0.1) is 11.3 Å². The van der Waals surface area contributed by atoms with Crippen LogP contribution >= 0.6 is 0 Å². The zero-order chi connectivity index (χ0) is 13.3. The highest BCUT2D eigenvalue weighted by atomic mass is 16.4. The summed E-state index contributed by atoms with van der Waals surface area (Å²) < 4.78 is 0. The Kier molecular flexibility index (Phi) is 3.10. The van der Waals surface area contributed by atoms with Crippen LogP contribution in [0.2, 0.25) is 0 Å². The van der Waals surface area contributed by atoms with E-state index in [9.17, 15) is 14.7 Å². The number of hydrogen-bond acceptors (Lipinski definition) is 4.